The minimum atomic E-state index is 0. The summed E-state index contributed by atoms with van der Waals surface area (Å²) in [5.74, 6) is 2.20. The largest absolute Gasteiger partial charge is 1.00 e. The number of rotatable bonds is 1. The van der Waals surface area contributed by atoms with E-state index in [4.69, 9.17) is 11.2 Å². The van der Waals surface area contributed by atoms with E-state index in [2.05, 4.69) is 80.2 Å². The maximum atomic E-state index is 6.08. The molecule has 1 aromatic rings. The Morgan fingerprint density at radius 1 is 0.773 bits per heavy atom. The summed E-state index contributed by atoms with van der Waals surface area (Å²) in [6.45, 7) is 20.6. The molecule has 0 bridgehead atoms. The molecule has 0 aliphatic heterocycles. The van der Waals surface area contributed by atoms with Crippen LogP contribution in [0.3, 0.4) is 0 Å². The Hall–Kier alpha value is 0.277. The van der Waals surface area contributed by atoms with Crippen molar-refractivity contribution in [1.29, 1.82) is 0 Å². The standard InChI is InChI=1S/C19H30ClP.Li/c1-17(2,3)13-10-15(18(4,5)6)14(12-21-20)16(11-13)19(7,8)9;/h10-12H,1-9H3;/q;+1/p+1. The second kappa shape index (κ2) is 7.45. The zero-order chi connectivity index (χ0) is 16.6. The van der Waals surface area contributed by atoms with E-state index < -0.39 is 0 Å². The van der Waals surface area contributed by atoms with Gasteiger partial charge >= 0.3 is 18.9 Å². The molecule has 0 aliphatic carbocycles. The van der Waals surface area contributed by atoms with Crippen LogP contribution in [0.1, 0.15) is 84.6 Å². The van der Waals surface area contributed by atoms with Crippen molar-refractivity contribution in [3.63, 3.8) is 0 Å². The molecule has 0 nitrogen and oxygen atoms in total. The van der Waals surface area contributed by atoms with E-state index in [-0.39, 0.29) is 35.1 Å². The number of halogens is 1. The van der Waals surface area contributed by atoms with E-state index in [1.165, 1.54) is 22.3 Å². The molecule has 1 aromatic carbocycles. The van der Waals surface area contributed by atoms with Gasteiger partial charge in [-0.15, -0.1) is 0 Å². The van der Waals surface area contributed by atoms with E-state index in [9.17, 15) is 0 Å². The summed E-state index contributed by atoms with van der Waals surface area (Å²) in [5, 5.41) is 0. The molecule has 0 radical (unpaired) electrons. The van der Waals surface area contributed by atoms with Crippen molar-refractivity contribution in [2.45, 2.75) is 78.6 Å². The molecule has 0 saturated heterocycles. The monoisotopic (exact) mass is 332 g/mol. The first-order valence-electron chi connectivity index (χ1n) is 7.67. The molecule has 0 heterocycles. The van der Waals surface area contributed by atoms with Gasteiger partial charge in [0.05, 0.1) is 0 Å². The van der Waals surface area contributed by atoms with Crippen LogP contribution >= 0.6 is 18.8 Å². The van der Waals surface area contributed by atoms with Gasteiger partial charge < -0.3 is 0 Å². The summed E-state index contributed by atoms with van der Waals surface area (Å²) in [5.41, 5.74) is 5.96. The van der Waals surface area contributed by atoms with Gasteiger partial charge in [0.1, 0.15) is 5.80 Å². The maximum Gasteiger partial charge on any atom is 1.00 e. The first-order chi connectivity index (χ1) is 9.28. The van der Waals surface area contributed by atoms with Crippen molar-refractivity contribution < 1.29 is 18.9 Å². The number of hydrogen-bond acceptors (Lipinski definition) is 0. The SMILES string of the molecule is CC(C)(C)c1cc(C(C)(C)C)c(C=[PH+]Cl)c(C(C)(C)C)c1.[Li+]. The van der Waals surface area contributed by atoms with Gasteiger partial charge in [-0.1, -0.05) is 74.4 Å². The Labute approximate surface area is 156 Å². The predicted molar refractivity (Wildman–Crippen MR) is 102 cm³/mol. The van der Waals surface area contributed by atoms with Crippen molar-refractivity contribution in [2.24, 2.45) is 0 Å². The number of hydrogen-bond donors (Lipinski definition) is 0. The molecule has 0 aliphatic rings. The third-order valence-corrected chi connectivity index (χ3v) is 4.59. The number of benzene rings is 1. The molecular formula is C19H31ClLiP+2. The summed E-state index contributed by atoms with van der Waals surface area (Å²) in [7, 11) is 0.317. The van der Waals surface area contributed by atoms with Crippen LogP contribution in [0.15, 0.2) is 12.1 Å². The molecular weight excluding hydrogens is 302 g/mol. The van der Waals surface area contributed by atoms with Crippen molar-refractivity contribution in [2.75, 3.05) is 0 Å². The molecule has 0 saturated carbocycles. The summed E-state index contributed by atoms with van der Waals surface area (Å²) in [6, 6.07) is 4.77. The van der Waals surface area contributed by atoms with E-state index in [1.54, 1.807) is 0 Å². The summed E-state index contributed by atoms with van der Waals surface area (Å²) >= 11 is 6.08. The minimum Gasteiger partial charge on any atom is -0.0561 e. The van der Waals surface area contributed by atoms with Crippen LogP contribution in [0.2, 0.25) is 0 Å². The van der Waals surface area contributed by atoms with Crippen LogP contribution in [0.5, 0.6) is 0 Å². The normalized spacial score (nSPS) is 13.4. The molecule has 0 spiro atoms. The zero-order valence-corrected chi connectivity index (χ0v) is 17.9. The Balaban J connectivity index is 0.00000441. The second-order valence-corrected chi connectivity index (χ2v) is 10.2. The minimum absolute atomic E-state index is 0. The molecule has 0 amide bonds. The van der Waals surface area contributed by atoms with Crippen LogP contribution < -0.4 is 18.9 Å². The fraction of sp³-hybridized carbons (Fsp3) is 0.632. The van der Waals surface area contributed by atoms with Crippen LogP contribution in [0.4, 0.5) is 0 Å². The van der Waals surface area contributed by atoms with Crippen molar-refractivity contribution in [1.82, 2.24) is 0 Å². The van der Waals surface area contributed by atoms with Crippen LogP contribution in [0.25, 0.3) is 0 Å². The average molecular weight is 333 g/mol. The Bertz CT molecular complexity index is 505. The summed E-state index contributed by atoms with van der Waals surface area (Å²) < 4.78 is 0. The Morgan fingerprint density at radius 3 is 1.36 bits per heavy atom. The van der Waals surface area contributed by atoms with Gasteiger partial charge in [0.15, 0.2) is 18.8 Å². The summed E-state index contributed by atoms with van der Waals surface area (Å²) in [4.78, 5) is 0. The van der Waals surface area contributed by atoms with E-state index in [1.807, 2.05) is 0 Å². The Morgan fingerprint density at radius 2 is 1.14 bits per heavy atom. The van der Waals surface area contributed by atoms with Gasteiger partial charge in [-0.2, -0.15) is 0 Å². The van der Waals surface area contributed by atoms with Crippen LogP contribution in [0, 0.1) is 0 Å². The van der Waals surface area contributed by atoms with E-state index >= 15 is 0 Å². The van der Waals surface area contributed by atoms with Gasteiger partial charge in [-0.05, 0) is 32.9 Å². The molecule has 1 rings (SSSR count). The van der Waals surface area contributed by atoms with Crippen molar-refractivity contribution >= 4 is 24.6 Å². The van der Waals surface area contributed by atoms with Gasteiger partial charge in [0.25, 0.3) is 0 Å². The third-order valence-electron chi connectivity index (χ3n) is 3.86. The maximum absolute atomic E-state index is 6.08. The predicted octanol–water partition coefficient (Wildman–Crippen LogP) is 3.57. The average Bonchev–Trinajstić information content (AvgIpc) is 2.24. The van der Waals surface area contributed by atoms with Gasteiger partial charge in [-0.3, -0.25) is 0 Å². The zero-order valence-electron chi connectivity index (χ0n) is 16.1. The van der Waals surface area contributed by atoms with E-state index in [0.29, 0.717) is 7.56 Å². The topological polar surface area (TPSA) is 0 Å². The molecule has 1 atom stereocenters. The molecule has 1 unspecified atom stereocenters. The molecule has 3 heteroatoms. The fourth-order valence-electron chi connectivity index (χ4n) is 2.54. The molecule has 118 valence electrons. The summed E-state index contributed by atoms with van der Waals surface area (Å²) in [6.07, 6.45) is 0. The first kappa shape index (κ1) is 22.3. The van der Waals surface area contributed by atoms with Crippen LogP contribution in [-0.2, 0) is 16.2 Å². The van der Waals surface area contributed by atoms with Crippen molar-refractivity contribution in [3.8, 4) is 0 Å². The van der Waals surface area contributed by atoms with E-state index in [0.717, 1.165) is 0 Å². The smallest absolute Gasteiger partial charge is 0.0561 e. The fourth-order valence-corrected chi connectivity index (χ4v) is 3.28. The van der Waals surface area contributed by atoms with Crippen LogP contribution in [-0.4, -0.2) is 5.80 Å². The first-order valence-corrected chi connectivity index (χ1v) is 9.76. The van der Waals surface area contributed by atoms with Gasteiger partial charge in [0.2, 0.25) is 0 Å². The molecule has 0 aromatic heterocycles. The van der Waals surface area contributed by atoms with Gasteiger partial charge in [0, 0.05) is 5.56 Å². The Kier molecular flexibility index (Phi) is 7.54. The quantitative estimate of drug-likeness (QED) is 0.545. The third kappa shape index (κ3) is 5.42. The molecule has 0 fully saturated rings. The molecule has 0 N–H and O–H groups in total. The van der Waals surface area contributed by atoms with Crippen molar-refractivity contribution in [3.05, 3.63) is 34.4 Å². The van der Waals surface area contributed by atoms with Gasteiger partial charge in [-0.25, -0.2) is 0 Å². The molecule has 22 heavy (non-hydrogen) atoms. The second-order valence-electron chi connectivity index (χ2n) is 8.99.